The molecule has 0 saturated carbocycles. The smallest absolute Gasteiger partial charge is 0.267 e. The van der Waals surface area contributed by atoms with Gasteiger partial charge in [0.2, 0.25) is 0 Å². The normalized spacial score (nSPS) is 13.1. The molecule has 0 fully saturated rings. The summed E-state index contributed by atoms with van der Waals surface area (Å²) in [6, 6.07) is 7.20. The topological polar surface area (TPSA) is 99.0 Å². The van der Waals surface area contributed by atoms with Gasteiger partial charge in [-0.05, 0) is 24.3 Å². The molecule has 0 saturated heterocycles. The Morgan fingerprint density at radius 1 is 1.39 bits per heavy atom. The van der Waals surface area contributed by atoms with Gasteiger partial charge in [-0.1, -0.05) is 38.1 Å². The van der Waals surface area contributed by atoms with Gasteiger partial charge in [-0.2, -0.15) is 0 Å². The average molecular weight is 323 g/mol. The van der Waals surface area contributed by atoms with Crippen molar-refractivity contribution >= 4 is 5.91 Å². The van der Waals surface area contributed by atoms with Crippen molar-refractivity contribution in [3.8, 4) is 5.75 Å². The Labute approximate surface area is 136 Å². The van der Waals surface area contributed by atoms with E-state index in [9.17, 15) is 9.90 Å². The monoisotopic (exact) mass is 323 g/mol. The molecule has 0 unspecified atom stereocenters. The quantitative estimate of drug-likeness (QED) is 0.316. The SMILES string of the molecule is CC(C)(CC/C=C/C(=O)NO)[C@H](O)c1ccccc1OCCO. The largest absolute Gasteiger partial charge is 0.491 e. The van der Waals surface area contributed by atoms with Crippen molar-refractivity contribution in [2.75, 3.05) is 13.2 Å². The third-order valence-corrected chi connectivity index (χ3v) is 3.64. The van der Waals surface area contributed by atoms with Crippen LogP contribution < -0.4 is 10.2 Å². The number of hydrogen-bond donors (Lipinski definition) is 4. The van der Waals surface area contributed by atoms with Gasteiger partial charge in [0.25, 0.3) is 5.91 Å². The van der Waals surface area contributed by atoms with Gasteiger partial charge < -0.3 is 14.9 Å². The maximum atomic E-state index is 10.9. The molecule has 0 bridgehead atoms. The van der Waals surface area contributed by atoms with Crippen LogP contribution in [0.25, 0.3) is 0 Å². The fraction of sp³-hybridized carbons (Fsp3) is 0.471. The Bertz CT molecular complexity index is 527. The molecule has 128 valence electrons. The first-order valence-electron chi connectivity index (χ1n) is 7.53. The Balaban J connectivity index is 2.76. The summed E-state index contributed by atoms with van der Waals surface area (Å²) in [5, 5.41) is 28.0. The van der Waals surface area contributed by atoms with Crippen molar-refractivity contribution in [2.45, 2.75) is 32.8 Å². The van der Waals surface area contributed by atoms with Crippen LogP contribution in [0.3, 0.4) is 0 Å². The maximum Gasteiger partial charge on any atom is 0.267 e. The third-order valence-electron chi connectivity index (χ3n) is 3.64. The van der Waals surface area contributed by atoms with Crippen LogP contribution in [0.4, 0.5) is 0 Å². The van der Waals surface area contributed by atoms with Crippen molar-refractivity contribution in [3.63, 3.8) is 0 Å². The van der Waals surface area contributed by atoms with Crippen molar-refractivity contribution in [3.05, 3.63) is 42.0 Å². The van der Waals surface area contributed by atoms with E-state index in [2.05, 4.69) is 0 Å². The molecule has 1 aromatic rings. The number of allylic oxidation sites excluding steroid dienone is 1. The van der Waals surface area contributed by atoms with Gasteiger partial charge in [-0.3, -0.25) is 10.0 Å². The fourth-order valence-electron chi connectivity index (χ4n) is 2.23. The number of aliphatic hydroxyl groups excluding tert-OH is 2. The number of ether oxygens (including phenoxy) is 1. The summed E-state index contributed by atoms with van der Waals surface area (Å²) < 4.78 is 5.47. The number of carbonyl (C=O) groups is 1. The van der Waals surface area contributed by atoms with Crippen LogP contribution in [0.5, 0.6) is 5.75 Å². The molecule has 6 nitrogen and oxygen atoms in total. The average Bonchev–Trinajstić information content (AvgIpc) is 2.56. The zero-order valence-corrected chi connectivity index (χ0v) is 13.5. The number of carbonyl (C=O) groups excluding carboxylic acids is 1. The lowest BCUT2D eigenvalue weighted by Gasteiger charge is -2.31. The molecular weight excluding hydrogens is 298 g/mol. The molecule has 0 aromatic heterocycles. The number of hydroxylamine groups is 1. The lowest BCUT2D eigenvalue weighted by atomic mass is 9.78. The van der Waals surface area contributed by atoms with E-state index >= 15 is 0 Å². The molecule has 1 aromatic carbocycles. The van der Waals surface area contributed by atoms with Crippen LogP contribution >= 0.6 is 0 Å². The highest BCUT2D eigenvalue weighted by atomic mass is 16.5. The minimum absolute atomic E-state index is 0.0917. The van der Waals surface area contributed by atoms with Crippen LogP contribution in [0.1, 0.15) is 38.4 Å². The van der Waals surface area contributed by atoms with Gasteiger partial charge in [-0.25, -0.2) is 5.48 Å². The number of benzene rings is 1. The highest BCUT2D eigenvalue weighted by Gasteiger charge is 2.30. The molecule has 1 amide bonds. The molecule has 0 aliphatic carbocycles. The van der Waals surface area contributed by atoms with E-state index in [1.165, 1.54) is 11.6 Å². The minimum atomic E-state index is -0.752. The summed E-state index contributed by atoms with van der Waals surface area (Å²) in [6.45, 7) is 3.94. The Kier molecular flexibility index (Phi) is 7.74. The number of aliphatic hydroxyl groups is 2. The second-order valence-electron chi connectivity index (χ2n) is 5.92. The van der Waals surface area contributed by atoms with Crippen molar-refractivity contribution in [2.24, 2.45) is 5.41 Å². The summed E-state index contributed by atoms with van der Waals surface area (Å²) in [7, 11) is 0. The summed E-state index contributed by atoms with van der Waals surface area (Å²) in [5.41, 5.74) is 1.75. The molecule has 0 radical (unpaired) electrons. The molecule has 0 spiro atoms. The number of hydrogen-bond acceptors (Lipinski definition) is 5. The molecule has 6 heteroatoms. The predicted octanol–water partition coefficient (Wildman–Crippen LogP) is 1.96. The van der Waals surface area contributed by atoms with E-state index < -0.39 is 17.4 Å². The molecule has 1 rings (SSSR count). The van der Waals surface area contributed by atoms with E-state index in [1.54, 1.807) is 18.2 Å². The van der Waals surface area contributed by atoms with E-state index in [-0.39, 0.29) is 13.2 Å². The summed E-state index contributed by atoms with van der Waals surface area (Å²) in [4.78, 5) is 10.9. The van der Waals surface area contributed by atoms with Gasteiger partial charge >= 0.3 is 0 Å². The van der Waals surface area contributed by atoms with Crippen LogP contribution in [0.2, 0.25) is 0 Å². The van der Waals surface area contributed by atoms with Crippen molar-refractivity contribution in [1.82, 2.24) is 5.48 Å². The zero-order chi connectivity index (χ0) is 17.3. The lowest BCUT2D eigenvalue weighted by molar-refractivity contribution is -0.124. The van der Waals surface area contributed by atoms with E-state index in [0.29, 0.717) is 24.2 Å². The van der Waals surface area contributed by atoms with E-state index in [0.717, 1.165) is 0 Å². The van der Waals surface area contributed by atoms with Crippen LogP contribution in [0, 0.1) is 5.41 Å². The Morgan fingerprint density at radius 3 is 2.74 bits per heavy atom. The third kappa shape index (κ3) is 6.02. The number of para-hydroxylation sites is 1. The van der Waals surface area contributed by atoms with Gasteiger partial charge in [0.05, 0.1) is 12.7 Å². The highest BCUT2D eigenvalue weighted by Crippen LogP contribution is 2.40. The molecule has 0 heterocycles. The first-order valence-corrected chi connectivity index (χ1v) is 7.53. The molecular formula is C17H25NO5. The fourth-order valence-corrected chi connectivity index (χ4v) is 2.23. The molecule has 0 aliphatic rings. The standard InChI is InChI=1S/C17H25NO5/c1-17(2,10-6-5-9-15(20)18-22)16(21)13-7-3-4-8-14(13)23-12-11-19/h3-5,7-9,16,19,21-22H,6,10-12H2,1-2H3,(H,18,20)/b9-5+/t16-/m1/s1. The molecule has 23 heavy (non-hydrogen) atoms. The second kappa shape index (κ2) is 9.29. The summed E-state index contributed by atoms with van der Waals surface area (Å²) in [6.07, 6.45) is 3.36. The van der Waals surface area contributed by atoms with Gasteiger partial charge in [0.1, 0.15) is 12.4 Å². The van der Waals surface area contributed by atoms with Gasteiger partial charge in [0.15, 0.2) is 0 Å². The Hall–Kier alpha value is -1.89. The highest BCUT2D eigenvalue weighted by molar-refractivity contribution is 5.86. The Morgan fingerprint density at radius 2 is 2.09 bits per heavy atom. The molecule has 4 N–H and O–H groups in total. The summed E-state index contributed by atoms with van der Waals surface area (Å²) >= 11 is 0. The number of nitrogens with one attached hydrogen (secondary N) is 1. The van der Waals surface area contributed by atoms with E-state index in [1.807, 2.05) is 26.0 Å². The van der Waals surface area contributed by atoms with Crippen LogP contribution in [-0.2, 0) is 4.79 Å². The summed E-state index contributed by atoms with van der Waals surface area (Å²) in [5.74, 6) is -0.0246. The van der Waals surface area contributed by atoms with Crippen LogP contribution in [0.15, 0.2) is 36.4 Å². The molecule has 0 aliphatic heterocycles. The van der Waals surface area contributed by atoms with E-state index in [4.69, 9.17) is 15.1 Å². The van der Waals surface area contributed by atoms with Crippen molar-refractivity contribution < 1.29 is 25.0 Å². The minimum Gasteiger partial charge on any atom is -0.491 e. The lowest BCUT2D eigenvalue weighted by Crippen LogP contribution is -2.23. The number of amides is 1. The van der Waals surface area contributed by atoms with Gasteiger partial charge in [0, 0.05) is 11.6 Å². The predicted molar refractivity (Wildman–Crippen MR) is 86.1 cm³/mol. The first kappa shape index (κ1) is 19.2. The van der Waals surface area contributed by atoms with Crippen LogP contribution in [-0.4, -0.2) is 34.5 Å². The van der Waals surface area contributed by atoms with Gasteiger partial charge in [-0.15, -0.1) is 0 Å². The molecule has 1 atom stereocenters. The second-order valence-corrected chi connectivity index (χ2v) is 5.92. The number of rotatable bonds is 9. The zero-order valence-electron chi connectivity index (χ0n) is 13.5. The first-order chi connectivity index (χ1) is 10.9. The maximum absolute atomic E-state index is 10.9. The van der Waals surface area contributed by atoms with Crippen molar-refractivity contribution in [1.29, 1.82) is 0 Å².